The van der Waals surface area contributed by atoms with Gasteiger partial charge in [-0.2, -0.15) is 0 Å². The zero-order valence-electron chi connectivity index (χ0n) is 12.2. The summed E-state index contributed by atoms with van der Waals surface area (Å²) in [6.45, 7) is 5.72. The van der Waals surface area contributed by atoms with Gasteiger partial charge in [-0.3, -0.25) is 4.79 Å². The molecule has 0 fully saturated rings. The van der Waals surface area contributed by atoms with Crippen LogP contribution in [0.25, 0.3) is 0 Å². The average Bonchev–Trinajstić information content (AvgIpc) is 2.37. The van der Waals surface area contributed by atoms with Crippen molar-refractivity contribution in [1.82, 2.24) is 0 Å². The number of carboxylic acids is 1. The molecule has 2 aromatic rings. The Balaban J connectivity index is 2.38. The van der Waals surface area contributed by atoms with Crippen molar-refractivity contribution in [3.8, 4) is 0 Å². The molecule has 108 valence electrons. The molecule has 2 N–H and O–H groups in total. The summed E-state index contributed by atoms with van der Waals surface area (Å²) in [5, 5.41) is 11.8. The van der Waals surface area contributed by atoms with Crippen LogP contribution in [0.1, 0.15) is 37.4 Å². The second-order valence-electron chi connectivity index (χ2n) is 5.08. The zero-order valence-corrected chi connectivity index (χ0v) is 12.2. The van der Waals surface area contributed by atoms with Gasteiger partial charge in [-0.05, 0) is 44.0 Å². The number of rotatable bonds is 3. The van der Waals surface area contributed by atoms with Gasteiger partial charge >= 0.3 is 5.97 Å². The van der Waals surface area contributed by atoms with E-state index in [0.29, 0.717) is 11.3 Å². The van der Waals surface area contributed by atoms with E-state index in [4.69, 9.17) is 5.11 Å². The topological polar surface area (TPSA) is 66.4 Å². The quantitative estimate of drug-likeness (QED) is 0.905. The summed E-state index contributed by atoms with van der Waals surface area (Å²) in [5.41, 5.74) is 3.80. The Morgan fingerprint density at radius 2 is 1.57 bits per heavy atom. The van der Waals surface area contributed by atoms with Crippen LogP contribution in [-0.4, -0.2) is 17.0 Å². The Morgan fingerprint density at radius 3 is 2.14 bits per heavy atom. The Hall–Kier alpha value is -2.62. The molecule has 0 bridgehead atoms. The number of para-hydroxylation sites is 1. The number of carbonyl (C=O) groups is 2. The lowest BCUT2D eigenvalue weighted by Crippen LogP contribution is -2.17. The number of aromatic carboxylic acids is 1. The zero-order chi connectivity index (χ0) is 15.6. The summed E-state index contributed by atoms with van der Waals surface area (Å²) in [7, 11) is 0. The predicted octanol–water partition coefficient (Wildman–Crippen LogP) is 3.56. The number of anilines is 1. The highest BCUT2D eigenvalue weighted by atomic mass is 16.4. The number of nitrogens with one attached hydrogen (secondary N) is 1. The van der Waals surface area contributed by atoms with Crippen molar-refractivity contribution in [3.63, 3.8) is 0 Å². The van der Waals surface area contributed by atoms with Gasteiger partial charge < -0.3 is 10.4 Å². The molecule has 1 amide bonds. The van der Waals surface area contributed by atoms with Crippen LogP contribution >= 0.6 is 0 Å². The molecular weight excluding hydrogens is 266 g/mol. The molecule has 0 atom stereocenters. The first-order valence-corrected chi connectivity index (χ1v) is 6.61. The fourth-order valence-corrected chi connectivity index (χ4v) is 2.50. The van der Waals surface area contributed by atoms with Crippen LogP contribution < -0.4 is 5.32 Å². The second kappa shape index (κ2) is 5.79. The van der Waals surface area contributed by atoms with Crippen molar-refractivity contribution in [3.05, 3.63) is 64.2 Å². The minimum atomic E-state index is -1.07. The number of aryl methyl sites for hydroxylation is 3. The standard InChI is InChI=1S/C17H17NO3/c1-10-8-11(2)15(12(3)9-10)16(19)18-14-7-5-4-6-13(14)17(20)21/h4-9H,1-3H3,(H,18,19)(H,20,21). The van der Waals surface area contributed by atoms with Crippen molar-refractivity contribution < 1.29 is 14.7 Å². The third-order valence-corrected chi connectivity index (χ3v) is 3.31. The molecule has 0 saturated carbocycles. The minimum Gasteiger partial charge on any atom is -0.478 e. The van der Waals surface area contributed by atoms with Crippen LogP contribution in [0, 0.1) is 20.8 Å². The van der Waals surface area contributed by atoms with Crippen molar-refractivity contribution in [2.45, 2.75) is 20.8 Å². The molecule has 0 heterocycles. The van der Waals surface area contributed by atoms with Crippen molar-refractivity contribution in [1.29, 1.82) is 0 Å². The van der Waals surface area contributed by atoms with E-state index in [1.54, 1.807) is 18.2 Å². The Labute approximate surface area is 123 Å². The summed E-state index contributed by atoms with van der Waals surface area (Å²) >= 11 is 0. The number of carbonyl (C=O) groups excluding carboxylic acids is 1. The fourth-order valence-electron chi connectivity index (χ4n) is 2.50. The van der Waals surface area contributed by atoms with Gasteiger partial charge in [0.1, 0.15) is 0 Å². The lowest BCUT2D eigenvalue weighted by atomic mass is 9.99. The Morgan fingerprint density at radius 1 is 1.00 bits per heavy atom. The Bertz CT molecular complexity index is 697. The van der Waals surface area contributed by atoms with E-state index in [1.807, 2.05) is 32.9 Å². The van der Waals surface area contributed by atoms with Gasteiger partial charge in [0.2, 0.25) is 0 Å². The first-order chi connectivity index (χ1) is 9.90. The molecule has 4 nitrogen and oxygen atoms in total. The minimum absolute atomic E-state index is 0.0771. The van der Waals surface area contributed by atoms with Crippen LogP contribution in [0.2, 0.25) is 0 Å². The molecule has 0 aliphatic rings. The second-order valence-corrected chi connectivity index (χ2v) is 5.08. The maximum Gasteiger partial charge on any atom is 0.337 e. The van der Waals surface area contributed by atoms with E-state index in [9.17, 15) is 9.59 Å². The third-order valence-electron chi connectivity index (χ3n) is 3.31. The van der Waals surface area contributed by atoms with E-state index in [0.717, 1.165) is 16.7 Å². The van der Waals surface area contributed by atoms with Crippen LogP contribution in [0.4, 0.5) is 5.69 Å². The molecular formula is C17H17NO3. The van der Waals surface area contributed by atoms with Crippen LogP contribution in [-0.2, 0) is 0 Å². The average molecular weight is 283 g/mol. The van der Waals surface area contributed by atoms with Gasteiger partial charge in [-0.15, -0.1) is 0 Å². The number of benzene rings is 2. The normalized spacial score (nSPS) is 10.2. The van der Waals surface area contributed by atoms with Gasteiger partial charge in [0.05, 0.1) is 11.3 Å². The van der Waals surface area contributed by atoms with Gasteiger partial charge in [-0.25, -0.2) is 4.79 Å². The highest BCUT2D eigenvalue weighted by Crippen LogP contribution is 2.20. The summed E-state index contributed by atoms with van der Waals surface area (Å²) in [6, 6.07) is 10.2. The smallest absolute Gasteiger partial charge is 0.337 e. The van der Waals surface area contributed by atoms with Crippen LogP contribution in [0.15, 0.2) is 36.4 Å². The summed E-state index contributed by atoms with van der Waals surface area (Å²) in [5.74, 6) is -1.36. The summed E-state index contributed by atoms with van der Waals surface area (Å²) in [6.07, 6.45) is 0. The molecule has 21 heavy (non-hydrogen) atoms. The molecule has 0 aromatic heterocycles. The van der Waals surface area contributed by atoms with Crippen LogP contribution in [0.3, 0.4) is 0 Å². The largest absolute Gasteiger partial charge is 0.478 e. The van der Waals surface area contributed by atoms with Crippen molar-refractivity contribution in [2.75, 3.05) is 5.32 Å². The first-order valence-electron chi connectivity index (χ1n) is 6.61. The van der Waals surface area contributed by atoms with E-state index < -0.39 is 5.97 Å². The molecule has 0 unspecified atom stereocenters. The number of hydrogen-bond donors (Lipinski definition) is 2. The molecule has 0 saturated heterocycles. The van der Waals surface area contributed by atoms with Gasteiger partial charge in [0, 0.05) is 5.56 Å². The molecule has 0 spiro atoms. The number of carboxylic acid groups (broad SMARTS) is 1. The maximum atomic E-state index is 12.4. The van der Waals surface area contributed by atoms with Crippen molar-refractivity contribution >= 4 is 17.6 Å². The monoisotopic (exact) mass is 283 g/mol. The first kappa shape index (κ1) is 14.8. The highest BCUT2D eigenvalue weighted by Gasteiger charge is 2.16. The van der Waals surface area contributed by atoms with Gasteiger partial charge in [-0.1, -0.05) is 29.8 Å². The maximum absolute atomic E-state index is 12.4. The van der Waals surface area contributed by atoms with Crippen LogP contribution in [0.5, 0.6) is 0 Å². The van der Waals surface area contributed by atoms with E-state index in [-0.39, 0.29) is 11.5 Å². The molecule has 0 aliphatic carbocycles. The molecule has 0 aliphatic heterocycles. The highest BCUT2D eigenvalue weighted by molar-refractivity contribution is 6.09. The molecule has 0 radical (unpaired) electrons. The van der Waals surface area contributed by atoms with E-state index >= 15 is 0 Å². The molecule has 2 rings (SSSR count). The number of hydrogen-bond acceptors (Lipinski definition) is 2. The summed E-state index contributed by atoms with van der Waals surface area (Å²) in [4.78, 5) is 23.6. The molecule has 2 aromatic carbocycles. The third kappa shape index (κ3) is 3.11. The Kier molecular flexibility index (Phi) is 4.08. The van der Waals surface area contributed by atoms with Crippen molar-refractivity contribution in [2.24, 2.45) is 0 Å². The fraction of sp³-hybridized carbons (Fsp3) is 0.176. The predicted molar refractivity (Wildman–Crippen MR) is 82.0 cm³/mol. The lowest BCUT2D eigenvalue weighted by Gasteiger charge is -2.13. The lowest BCUT2D eigenvalue weighted by molar-refractivity contribution is 0.0698. The summed E-state index contributed by atoms with van der Waals surface area (Å²) < 4.78 is 0. The van der Waals surface area contributed by atoms with Gasteiger partial charge in [0.25, 0.3) is 5.91 Å². The molecule has 4 heteroatoms. The number of amides is 1. The van der Waals surface area contributed by atoms with E-state index in [1.165, 1.54) is 6.07 Å². The van der Waals surface area contributed by atoms with E-state index in [2.05, 4.69) is 5.32 Å². The SMILES string of the molecule is Cc1cc(C)c(C(=O)Nc2ccccc2C(=O)O)c(C)c1. The van der Waals surface area contributed by atoms with Gasteiger partial charge in [0.15, 0.2) is 0 Å².